The molecule has 0 spiro atoms. The molecule has 2 rings (SSSR count). The Hall–Kier alpha value is -1.06. The van der Waals surface area contributed by atoms with Crippen molar-refractivity contribution in [2.24, 2.45) is 0 Å². The van der Waals surface area contributed by atoms with Crippen molar-refractivity contribution in [3.05, 3.63) is 29.3 Å². The van der Waals surface area contributed by atoms with Gasteiger partial charge in [0.25, 0.3) is 0 Å². The lowest BCUT2D eigenvalue weighted by atomic mass is 10.1. The van der Waals surface area contributed by atoms with Crippen LogP contribution in [0.5, 0.6) is 5.75 Å². The predicted octanol–water partition coefficient (Wildman–Crippen LogP) is 1.88. The molecule has 1 unspecified atom stereocenters. The lowest BCUT2D eigenvalue weighted by molar-refractivity contribution is 0.190. The van der Waals surface area contributed by atoms with E-state index in [2.05, 4.69) is 24.4 Å². The van der Waals surface area contributed by atoms with Gasteiger partial charge in [0.15, 0.2) is 0 Å². The van der Waals surface area contributed by atoms with Gasteiger partial charge < -0.3 is 14.8 Å². The fourth-order valence-corrected chi connectivity index (χ4v) is 2.01. The van der Waals surface area contributed by atoms with Crippen LogP contribution >= 0.6 is 0 Å². The van der Waals surface area contributed by atoms with Crippen LogP contribution in [-0.2, 0) is 11.3 Å². The summed E-state index contributed by atoms with van der Waals surface area (Å²) in [5, 5.41) is 3.50. The summed E-state index contributed by atoms with van der Waals surface area (Å²) in [7, 11) is 1.70. The molecule has 1 N–H and O–H groups in total. The van der Waals surface area contributed by atoms with Gasteiger partial charge in [-0.25, -0.2) is 0 Å². The fourth-order valence-electron chi connectivity index (χ4n) is 2.01. The number of benzene rings is 1. The summed E-state index contributed by atoms with van der Waals surface area (Å²) >= 11 is 0. The van der Waals surface area contributed by atoms with Crippen molar-refractivity contribution in [2.75, 3.05) is 20.3 Å². The topological polar surface area (TPSA) is 30.5 Å². The minimum absolute atomic E-state index is 0.516. The Morgan fingerprint density at radius 1 is 1.50 bits per heavy atom. The average molecular weight is 221 g/mol. The van der Waals surface area contributed by atoms with Crippen molar-refractivity contribution in [2.45, 2.75) is 25.9 Å². The highest BCUT2D eigenvalue weighted by molar-refractivity contribution is 5.36. The SMILES string of the molecule is COc1ccc(CNC2CCOC2)cc1C. The van der Waals surface area contributed by atoms with Gasteiger partial charge >= 0.3 is 0 Å². The van der Waals surface area contributed by atoms with E-state index in [1.54, 1.807) is 7.11 Å². The van der Waals surface area contributed by atoms with Gasteiger partial charge in [0.1, 0.15) is 5.75 Å². The zero-order chi connectivity index (χ0) is 11.4. The van der Waals surface area contributed by atoms with Crippen LogP contribution in [0.25, 0.3) is 0 Å². The summed E-state index contributed by atoms with van der Waals surface area (Å²) in [4.78, 5) is 0. The quantitative estimate of drug-likeness (QED) is 0.842. The zero-order valence-electron chi connectivity index (χ0n) is 9.95. The van der Waals surface area contributed by atoms with E-state index in [1.165, 1.54) is 11.1 Å². The predicted molar refractivity (Wildman–Crippen MR) is 63.8 cm³/mol. The van der Waals surface area contributed by atoms with Crippen LogP contribution in [0.4, 0.5) is 0 Å². The van der Waals surface area contributed by atoms with Crippen molar-refractivity contribution in [1.82, 2.24) is 5.32 Å². The Bertz CT molecular complexity index is 346. The van der Waals surface area contributed by atoms with Crippen LogP contribution in [-0.4, -0.2) is 26.4 Å². The maximum atomic E-state index is 5.32. The van der Waals surface area contributed by atoms with Gasteiger partial charge in [-0.05, 0) is 30.5 Å². The van der Waals surface area contributed by atoms with Gasteiger partial charge in [-0.15, -0.1) is 0 Å². The van der Waals surface area contributed by atoms with Crippen molar-refractivity contribution < 1.29 is 9.47 Å². The summed E-state index contributed by atoms with van der Waals surface area (Å²) in [5.74, 6) is 0.952. The van der Waals surface area contributed by atoms with E-state index in [0.717, 1.165) is 31.9 Å². The summed E-state index contributed by atoms with van der Waals surface area (Å²) in [6.45, 7) is 4.70. The Kier molecular flexibility index (Phi) is 3.80. The molecule has 0 bridgehead atoms. The Morgan fingerprint density at radius 3 is 3.00 bits per heavy atom. The highest BCUT2D eigenvalue weighted by Crippen LogP contribution is 2.18. The molecular weight excluding hydrogens is 202 g/mol. The van der Waals surface area contributed by atoms with E-state index in [-0.39, 0.29) is 0 Å². The molecule has 16 heavy (non-hydrogen) atoms. The Labute approximate surface area is 96.8 Å². The van der Waals surface area contributed by atoms with E-state index < -0.39 is 0 Å². The average Bonchev–Trinajstić information content (AvgIpc) is 2.79. The van der Waals surface area contributed by atoms with E-state index in [0.29, 0.717) is 6.04 Å². The van der Waals surface area contributed by atoms with E-state index in [4.69, 9.17) is 9.47 Å². The lowest BCUT2D eigenvalue weighted by Crippen LogP contribution is -2.28. The van der Waals surface area contributed by atoms with E-state index >= 15 is 0 Å². The number of nitrogens with one attached hydrogen (secondary N) is 1. The molecule has 1 aromatic carbocycles. The van der Waals surface area contributed by atoms with Gasteiger partial charge in [-0.2, -0.15) is 0 Å². The highest BCUT2D eigenvalue weighted by atomic mass is 16.5. The van der Waals surface area contributed by atoms with E-state index in [1.807, 2.05) is 6.07 Å². The molecule has 1 aromatic rings. The molecule has 3 nitrogen and oxygen atoms in total. The molecule has 0 aromatic heterocycles. The minimum Gasteiger partial charge on any atom is -0.496 e. The van der Waals surface area contributed by atoms with E-state index in [9.17, 15) is 0 Å². The van der Waals surface area contributed by atoms with Gasteiger partial charge in [0, 0.05) is 19.2 Å². The first kappa shape index (κ1) is 11.4. The van der Waals surface area contributed by atoms with Crippen LogP contribution in [0, 0.1) is 6.92 Å². The molecule has 1 aliphatic rings. The number of methoxy groups -OCH3 is 1. The van der Waals surface area contributed by atoms with Crippen LogP contribution in [0.2, 0.25) is 0 Å². The number of ether oxygens (including phenoxy) is 2. The third kappa shape index (κ3) is 2.74. The molecule has 0 radical (unpaired) electrons. The van der Waals surface area contributed by atoms with Crippen LogP contribution in [0.1, 0.15) is 17.5 Å². The maximum absolute atomic E-state index is 5.32. The minimum atomic E-state index is 0.516. The number of rotatable bonds is 4. The first-order valence-corrected chi connectivity index (χ1v) is 5.74. The zero-order valence-corrected chi connectivity index (χ0v) is 9.95. The monoisotopic (exact) mass is 221 g/mol. The Morgan fingerprint density at radius 2 is 2.38 bits per heavy atom. The maximum Gasteiger partial charge on any atom is 0.121 e. The normalized spacial score (nSPS) is 20.0. The van der Waals surface area contributed by atoms with Crippen molar-refractivity contribution in [3.63, 3.8) is 0 Å². The van der Waals surface area contributed by atoms with Crippen LogP contribution < -0.4 is 10.1 Å². The second-order valence-electron chi connectivity index (χ2n) is 4.25. The van der Waals surface area contributed by atoms with Gasteiger partial charge in [-0.1, -0.05) is 12.1 Å². The number of hydrogen-bond acceptors (Lipinski definition) is 3. The second kappa shape index (κ2) is 5.32. The molecular formula is C13H19NO2. The molecule has 0 aliphatic carbocycles. The van der Waals surface area contributed by atoms with Gasteiger partial charge in [0.2, 0.25) is 0 Å². The number of hydrogen-bond donors (Lipinski definition) is 1. The summed E-state index contributed by atoms with van der Waals surface area (Å²) in [5.41, 5.74) is 2.48. The van der Waals surface area contributed by atoms with Crippen molar-refractivity contribution in [3.8, 4) is 5.75 Å². The highest BCUT2D eigenvalue weighted by Gasteiger charge is 2.14. The van der Waals surface area contributed by atoms with Crippen LogP contribution in [0.15, 0.2) is 18.2 Å². The van der Waals surface area contributed by atoms with Gasteiger partial charge in [0.05, 0.1) is 13.7 Å². The molecule has 0 saturated carbocycles. The molecule has 1 fully saturated rings. The largest absolute Gasteiger partial charge is 0.496 e. The fraction of sp³-hybridized carbons (Fsp3) is 0.538. The van der Waals surface area contributed by atoms with Crippen LogP contribution in [0.3, 0.4) is 0 Å². The molecule has 1 heterocycles. The first-order valence-electron chi connectivity index (χ1n) is 5.74. The third-order valence-corrected chi connectivity index (χ3v) is 2.98. The summed E-state index contributed by atoms with van der Waals surface area (Å²) < 4.78 is 10.6. The van der Waals surface area contributed by atoms with Gasteiger partial charge in [-0.3, -0.25) is 0 Å². The molecule has 88 valence electrons. The molecule has 1 saturated heterocycles. The number of aryl methyl sites for hydroxylation is 1. The second-order valence-corrected chi connectivity index (χ2v) is 4.25. The molecule has 0 amide bonds. The smallest absolute Gasteiger partial charge is 0.121 e. The third-order valence-electron chi connectivity index (χ3n) is 2.98. The van der Waals surface area contributed by atoms with Crippen molar-refractivity contribution in [1.29, 1.82) is 0 Å². The standard InChI is InChI=1S/C13H19NO2/c1-10-7-11(3-4-13(10)15-2)8-14-12-5-6-16-9-12/h3-4,7,12,14H,5-6,8-9H2,1-2H3. The lowest BCUT2D eigenvalue weighted by Gasteiger charge is -2.12. The molecule has 3 heteroatoms. The Balaban J connectivity index is 1.91. The molecule has 1 atom stereocenters. The summed E-state index contributed by atoms with van der Waals surface area (Å²) in [6, 6.07) is 6.82. The van der Waals surface area contributed by atoms with Crippen molar-refractivity contribution >= 4 is 0 Å². The summed E-state index contributed by atoms with van der Waals surface area (Å²) in [6.07, 6.45) is 1.12. The first-order chi connectivity index (χ1) is 7.79. The molecule has 1 aliphatic heterocycles.